The summed E-state index contributed by atoms with van der Waals surface area (Å²) in [5.74, 6) is 0.114. The fraction of sp³-hybridized carbons (Fsp3) is 0.909. The molecule has 1 amide bonds. The smallest absolute Gasteiger partial charge is 0.242 e. The number of aliphatic hydroxyl groups is 1. The van der Waals surface area contributed by atoms with Gasteiger partial charge in [0.2, 0.25) is 5.91 Å². The molecule has 0 saturated carbocycles. The van der Waals surface area contributed by atoms with Gasteiger partial charge in [0.05, 0.1) is 11.6 Å². The van der Waals surface area contributed by atoms with Crippen molar-refractivity contribution in [3.05, 3.63) is 0 Å². The van der Waals surface area contributed by atoms with Gasteiger partial charge in [0.1, 0.15) is 0 Å². The lowest BCUT2D eigenvalue weighted by atomic mass is 9.92. The van der Waals surface area contributed by atoms with E-state index in [4.69, 9.17) is 0 Å². The van der Waals surface area contributed by atoms with Crippen LogP contribution in [0, 0.1) is 0 Å². The van der Waals surface area contributed by atoms with Crippen molar-refractivity contribution in [3.63, 3.8) is 0 Å². The van der Waals surface area contributed by atoms with E-state index in [1.807, 2.05) is 6.92 Å². The van der Waals surface area contributed by atoms with Crippen LogP contribution in [-0.4, -0.2) is 47.7 Å². The van der Waals surface area contributed by atoms with Crippen LogP contribution in [0.15, 0.2) is 0 Å². The standard InChI is InChI=1S/C11H22N2O2/c1-4-11(6-5-7-12-11)10(15)13(3)8-9(2)14/h9,12,14H,4-8H2,1-3H3. The van der Waals surface area contributed by atoms with Gasteiger partial charge in [0.15, 0.2) is 0 Å². The molecule has 1 saturated heterocycles. The summed E-state index contributed by atoms with van der Waals surface area (Å²) < 4.78 is 0. The van der Waals surface area contributed by atoms with Crippen LogP contribution in [-0.2, 0) is 4.79 Å². The molecule has 1 fully saturated rings. The quantitative estimate of drug-likeness (QED) is 0.710. The molecule has 2 atom stereocenters. The molecule has 1 aliphatic heterocycles. The first-order chi connectivity index (χ1) is 7.02. The number of hydrogen-bond acceptors (Lipinski definition) is 3. The molecule has 0 aromatic heterocycles. The Hall–Kier alpha value is -0.610. The number of amides is 1. The van der Waals surface area contributed by atoms with Gasteiger partial charge in [-0.15, -0.1) is 0 Å². The fourth-order valence-corrected chi connectivity index (χ4v) is 2.29. The molecule has 2 N–H and O–H groups in total. The highest BCUT2D eigenvalue weighted by atomic mass is 16.3. The van der Waals surface area contributed by atoms with Crippen LogP contribution in [0.5, 0.6) is 0 Å². The van der Waals surface area contributed by atoms with E-state index in [0.717, 1.165) is 25.8 Å². The summed E-state index contributed by atoms with van der Waals surface area (Å²) in [4.78, 5) is 13.8. The van der Waals surface area contributed by atoms with Crippen molar-refractivity contribution in [1.29, 1.82) is 0 Å². The average Bonchev–Trinajstić information content (AvgIpc) is 2.65. The molecule has 4 heteroatoms. The predicted octanol–water partition coefficient (Wildman–Crippen LogP) is 0.358. The van der Waals surface area contributed by atoms with Gasteiger partial charge in [-0.1, -0.05) is 6.92 Å². The van der Waals surface area contributed by atoms with E-state index in [0.29, 0.717) is 6.54 Å². The van der Waals surface area contributed by atoms with E-state index < -0.39 is 6.10 Å². The first kappa shape index (κ1) is 12.5. The third kappa shape index (κ3) is 2.69. The summed E-state index contributed by atoms with van der Waals surface area (Å²) in [5.41, 5.74) is -0.371. The second-order valence-corrected chi connectivity index (χ2v) is 4.50. The van der Waals surface area contributed by atoms with E-state index in [1.54, 1.807) is 18.9 Å². The summed E-state index contributed by atoms with van der Waals surface area (Å²) in [6.45, 7) is 5.06. The zero-order chi connectivity index (χ0) is 11.5. The van der Waals surface area contributed by atoms with Gasteiger partial charge in [0.25, 0.3) is 0 Å². The number of carbonyl (C=O) groups is 1. The molecule has 1 aliphatic rings. The number of carbonyl (C=O) groups excluding carboxylic acids is 1. The second kappa shape index (κ2) is 4.94. The predicted molar refractivity (Wildman–Crippen MR) is 59.6 cm³/mol. The summed E-state index contributed by atoms with van der Waals surface area (Å²) in [7, 11) is 1.76. The minimum Gasteiger partial charge on any atom is -0.392 e. The summed E-state index contributed by atoms with van der Waals surface area (Å²) in [5, 5.41) is 12.6. The lowest BCUT2D eigenvalue weighted by Crippen LogP contribution is -2.54. The molecule has 0 radical (unpaired) electrons. The third-order valence-electron chi connectivity index (χ3n) is 3.14. The Labute approximate surface area is 91.6 Å². The van der Waals surface area contributed by atoms with E-state index in [1.165, 1.54) is 0 Å². The van der Waals surface area contributed by atoms with Gasteiger partial charge in [-0.05, 0) is 32.7 Å². The Balaban J connectivity index is 2.64. The minimum atomic E-state index is -0.464. The highest BCUT2D eigenvalue weighted by Crippen LogP contribution is 2.25. The molecule has 0 aromatic rings. The monoisotopic (exact) mass is 214 g/mol. The molecule has 15 heavy (non-hydrogen) atoms. The number of likely N-dealkylation sites (N-methyl/N-ethyl adjacent to an activating group) is 1. The van der Waals surface area contributed by atoms with Crippen LogP contribution in [0.4, 0.5) is 0 Å². The number of hydrogen-bond donors (Lipinski definition) is 2. The fourth-order valence-electron chi connectivity index (χ4n) is 2.29. The maximum atomic E-state index is 12.2. The molecular weight excluding hydrogens is 192 g/mol. The zero-order valence-electron chi connectivity index (χ0n) is 9.92. The second-order valence-electron chi connectivity index (χ2n) is 4.50. The normalized spacial score (nSPS) is 27.7. The maximum Gasteiger partial charge on any atom is 0.242 e. The number of nitrogens with one attached hydrogen (secondary N) is 1. The van der Waals surface area contributed by atoms with Gasteiger partial charge in [-0.3, -0.25) is 4.79 Å². The van der Waals surface area contributed by atoms with E-state index in [2.05, 4.69) is 5.32 Å². The average molecular weight is 214 g/mol. The maximum absolute atomic E-state index is 12.2. The first-order valence-electron chi connectivity index (χ1n) is 5.70. The highest BCUT2D eigenvalue weighted by Gasteiger charge is 2.40. The Bertz CT molecular complexity index is 223. The molecule has 0 spiro atoms. The summed E-state index contributed by atoms with van der Waals surface area (Å²) in [6, 6.07) is 0. The summed E-state index contributed by atoms with van der Waals surface area (Å²) in [6.07, 6.45) is 2.32. The molecular formula is C11H22N2O2. The van der Waals surface area contributed by atoms with Crippen LogP contribution in [0.1, 0.15) is 33.1 Å². The SMILES string of the molecule is CCC1(C(=O)N(C)CC(C)O)CCCN1. The van der Waals surface area contributed by atoms with E-state index in [-0.39, 0.29) is 11.4 Å². The van der Waals surface area contributed by atoms with Crippen LogP contribution in [0.2, 0.25) is 0 Å². The lowest BCUT2D eigenvalue weighted by molar-refractivity contribution is -0.137. The van der Waals surface area contributed by atoms with Crippen molar-refractivity contribution in [2.45, 2.75) is 44.8 Å². The largest absolute Gasteiger partial charge is 0.392 e. The number of nitrogens with zero attached hydrogens (tertiary/aromatic N) is 1. The van der Waals surface area contributed by atoms with Crippen molar-refractivity contribution in [2.75, 3.05) is 20.1 Å². The Morgan fingerprint density at radius 2 is 2.33 bits per heavy atom. The molecule has 0 aromatic carbocycles. The molecule has 2 unspecified atom stereocenters. The first-order valence-corrected chi connectivity index (χ1v) is 5.70. The van der Waals surface area contributed by atoms with Crippen LogP contribution >= 0.6 is 0 Å². The van der Waals surface area contributed by atoms with Crippen LogP contribution in [0.3, 0.4) is 0 Å². The topological polar surface area (TPSA) is 52.6 Å². The Morgan fingerprint density at radius 1 is 1.67 bits per heavy atom. The summed E-state index contributed by atoms with van der Waals surface area (Å²) >= 11 is 0. The molecule has 0 bridgehead atoms. The van der Waals surface area contributed by atoms with Crippen molar-refractivity contribution < 1.29 is 9.90 Å². The molecule has 0 aliphatic carbocycles. The van der Waals surface area contributed by atoms with Gasteiger partial charge in [-0.2, -0.15) is 0 Å². The van der Waals surface area contributed by atoms with Crippen LogP contribution < -0.4 is 5.32 Å². The van der Waals surface area contributed by atoms with Crippen molar-refractivity contribution in [3.8, 4) is 0 Å². The molecule has 88 valence electrons. The minimum absolute atomic E-state index is 0.114. The van der Waals surface area contributed by atoms with Gasteiger partial charge in [-0.25, -0.2) is 0 Å². The highest BCUT2D eigenvalue weighted by molar-refractivity contribution is 5.86. The van der Waals surface area contributed by atoms with Crippen molar-refractivity contribution >= 4 is 5.91 Å². The van der Waals surface area contributed by atoms with E-state index in [9.17, 15) is 9.90 Å². The third-order valence-corrected chi connectivity index (χ3v) is 3.14. The molecule has 1 rings (SSSR count). The zero-order valence-corrected chi connectivity index (χ0v) is 9.92. The van der Waals surface area contributed by atoms with Crippen LogP contribution in [0.25, 0.3) is 0 Å². The van der Waals surface area contributed by atoms with Gasteiger partial charge >= 0.3 is 0 Å². The van der Waals surface area contributed by atoms with Crippen molar-refractivity contribution in [2.24, 2.45) is 0 Å². The van der Waals surface area contributed by atoms with E-state index >= 15 is 0 Å². The van der Waals surface area contributed by atoms with Gasteiger partial charge < -0.3 is 15.3 Å². The molecule has 1 heterocycles. The van der Waals surface area contributed by atoms with Gasteiger partial charge in [0, 0.05) is 13.6 Å². The number of rotatable bonds is 4. The number of aliphatic hydroxyl groups excluding tert-OH is 1. The lowest BCUT2D eigenvalue weighted by Gasteiger charge is -2.32. The van der Waals surface area contributed by atoms with Crippen molar-refractivity contribution in [1.82, 2.24) is 10.2 Å². The Morgan fingerprint density at radius 3 is 2.73 bits per heavy atom. The Kier molecular flexibility index (Phi) is 4.11. The molecule has 4 nitrogen and oxygen atoms in total.